The van der Waals surface area contributed by atoms with Crippen LogP contribution in [-0.4, -0.2) is 21.3 Å². The van der Waals surface area contributed by atoms with Crippen LogP contribution in [0.15, 0.2) is 29.0 Å². The molecule has 1 aromatic carbocycles. The summed E-state index contributed by atoms with van der Waals surface area (Å²) in [6.45, 7) is 4.66. The second kappa shape index (κ2) is 4.94. The highest BCUT2D eigenvalue weighted by molar-refractivity contribution is 9.10. The molecule has 1 aliphatic rings. The van der Waals surface area contributed by atoms with Gasteiger partial charge in [0.05, 0.1) is 12.2 Å². The van der Waals surface area contributed by atoms with E-state index in [1.54, 1.807) is 6.33 Å². The van der Waals surface area contributed by atoms with E-state index < -0.39 is 0 Å². The Hall–Kier alpha value is -1.40. The summed E-state index contributed by atoms with van der Waals surface area (Å²) < 4.78 is 3.18. The summed E-state index contributed by atoms with van der Waals surface area (Å²) in [5.41, 5.74) is 8.22. The van der Waals surface area contributed by atoms with Crippen molar-refractivity contribution in [2.24, 2.45) is 5.73 Å². The second-order valence-electron chi connectivity index (χ2n) is 4.86. The molecule has 100 valence electrons. The van der Waals surface area contributed by atoms with E-state index in [9.17, 15) is 0 Å². The predicted octanol–water partition coefficient (Wildman–Crippen LogP) is 2.08. The maximum atomic E-state index is 5.90. The van der Waals surface area contributed by atoms with E-state index in [1.165, 1.54) is 5.69 Å². The highest BCUT2D eigenvalue weighted by Gasteiger charge is 2.19. The SMILES string of the molecule is C[C@H](N)c1ccc(N2CCn3cnnc3C2)c(Br)c1. The van der Waals surface area contributed by atoms with Crippen LogP contribution in [0.5, 0.6) is 0 Å². The van der Waals surface area contributed by atoms with E-state index in [0.717, 1.165) is 35.5 Å². The summed E-state index contributed by atoms with van der Waals surface area (Å²) in [7, 11) is 0. The van der Waals surface area contributed by atoms with Crippen molar-refractivity contribution in [3.8, 4) is 0 Å². The largest absolute Gasteiger partial charge is 0.361 e. The van der Waals surface area contributed by atoms with Crippen LogP contribution in [-0.2, 0) is 13.1 Å². The molecular formula is C13H16BrN5. The van der Waals surface area contributed by atoms with Gasteiger partial charge >= 0.3 is 0 Å². The first kappa shape index (κ1) is 12.6. The Morgan fingerprint density at radius 3 is 2.95 bits per heavy atom. The molecular weight excluding hydrogens is 306 g/mol. The first-order chi connectivity index (χ1) is 9.15. The number of halogens is 1. The smallest absolute Gasteiger partial charge is 0.152 e. The molecule has 3 rings (SSSR count). The van der Waals surface area contributed by atoms with Crippen molar-refractivity contribution in [2.75, 3.05) is 11.4 Å². The minimum Gasteiger partial charge on any atom is -0.361 e. The highest BCUT2D eigenvalue weighted by Crippen LogP contribution is 2.30. The Kier molecular flexibility index (Phi) is 3.28. The van der Waals surface area contributed by atoms with Gasteiger partial charge in [-0.1, -0.05) is 6.07 Å². The molecule has 0 fully saturated rings. The van der Waals surface area contributed by atoms with E-state index in [-0.39, 0.29) is 6.04 Å². The number of anilines is 1. The van der Waals surface area contributed by atoms with Crippen LogP contribution < -0.4 is 10.6 Å². The molecule has 2 aromatic rings. The molecule has 5 nitrogen and oxygen atoms in total. The van der Waals surface area contributed by atoms with Gasteiger partial charge in [0.25, 0.3) is 0 Å². The van der Waals surface area contributed by atoms with Crippen molar-refractivity contribution >= 4 is 21.6 Å². The Morgan fingerprint density at radius 1 is 1.37 bits per heavy atom. The summed E-state index contributed by atoms with van der Waals surface area (Å²) in [5, 5.41) is 8.09. The number of aromatic nitrogens is 3. The molecule has 0 saturated carbocycles. The second-order valence-corrected chi connectivity index (χ2v) is 5.72. The molecule has 2 heterocycles. The Labute approximate surface area is 120 Å². The van der Waals surface area contributed by atoms with Crippen molar-refractivity contribution in [1.82, 2.24) is 14.8 Å². The first-order valence-electron chi connectivity index (χ1n) is 6.32. The number of hydrogen-bond donors (Lipinski definition) is 1. The van der Waals surface area contributed by atoms with Crippen LogP contribution in [0.4, 0.5) is 5.69 Å². The van der Waals surface area contributed by atoms with E-state index >= 15 is 0 Å². The van der Waals surface area contributed by atoms with Crippen molar-refractivity contribution < 1.29 is 0 Å². The fourth-order valence-corrected chi connectivity index (χ4v) is 2.98. The van der Waals surface area contributed by atoms with Gasteiger partial charge in [-0.05, 0) is 40.5 Å². The maximum Gasteiger partial charge on any atom is 0.152 e. The molecule has 1 aromatic heterocycles. The fraction of sp³-hybridized carbons (Fsp3) is 0.385. The minimum absolute atomic E-state index is 0.0507. The lowest BCUT2D eigenvalue weighted by molar-refractivity contribution is 0.559. The lowest BCUT2D eigenvalue weighted by Crippen LogP contribution is -2.33. The van der Waals surface area contributed by atoms with Gasteiger partial charge in [-0.25, -0.2) is 0 Å². The molecule has 6 heteroatoms. The predicted molar refractivity (Wildman–Crippen MR) is 77.8 cm³/mol. The van der Waals surface area contributed by atoms with Gasteiger partial charge < -0.3 is 15.2 Å². The standard InChI is InChI=1S/C13H16BrN5/c1-9(15)10-2-3-12(11(14)6-10)18-4-5-19-8-16-17-13(19)7-18/h2-3,6,8-9H,4-5,7,15H2,1H3/t9-/m0/s1. The number of benzene rings is 1. The molecule has 2 N–H and O–H groups in total. The third-order valence-corrected chi connectivity index (χ3v) is 4.11. The Bertz CT molecular complexity index is 592. The lowest BCUT2D eigenvalue weighted by Gasteiger charge is -2.30. The number of fused-ring (bicyclic) bond motifs is 1. The molecule has 1 atom stereocenters. The molecule has 0 saturated heterocycles. The van der Waals surface area contributed by atoms with Gasteiger partial charge in [0, 0.05) is 23.6 Å². The topological polar surface area (TPSA) is 60.0 Å². The highest BCUT2D eigenvalue weighted by atomic mass is 79.9. The molecule has 0 amide bonds. The molecule has 0 radical (unpaired) electrons. The zero-order valence-corrected chi connectivity index (χ0v) is 12.3. The van der Waals surface area contributed by atoms with Gasteiger partial charge in [-0.3, -0.25) is 0 Å². The number of rotatable bonds is 2. The van der Waals surface area contributed by atoms with E-state index in [1.807, 2.05) is 6.92 Å². The van der Waals surface area contributed by atoms with Crippen LogP contribution in [0.25, 0.3) is 0 Å². The first-order valence-corrected chi connectivity index (χ1v) is 7.11. The van der Waals surface area contributed by atoms with Crippen molar-refractivity contribution in [1.29, 1.82) is 0 Å². The maximum absolute atomic E-state index is 5.90. The van der Waals surface area contributed by atoms with Gasteiger partial charge in [-0.15, -0.1) is 10.2 Å². The molecule has 1 aliphatic heterocycles. The van der Waals surface area contributed by atoms with Crippen molar-refractivity contribution in [3.63, 3.8) is 0 Å². The average molecular weight is 322 g/mol. The van der Waals surface area contributed by atoms with Crippen LogP contribution in [0.1, 0.15) is 24.4 Å². The van der Waals surface area contributed by atoms with Crippen molar-refractivity contribution in [3.05, 3.63) is 40.4 Å². The quantitative estimate of drug-likeness (QED) is 0.920. The minimum atomic E-state index is 0.0507. The third kappa shape index (κ3) is 2.37. The Morgan fingerprint density at radius 2 is 2.21 bits per heavy atom. The summed E-state index contributed by atoms with van der Waals surface area (Å²) in [6, 6.07) is 6.35. The summed E-state index contributed by atoms with van der Waals surface area (Å²) in [5.74, 6) is 1.01. The molecule has 0 aliphatic carbocycles. The Balaban J connectivity index is 1.88. The van der Waals surface area contributed by atoms with Gasteiger partial charge in [0.15, 0.2) is 5.82 Å². The van der Waals surface area contributed by atoms with Crippen LogP contribution >= 0.6 is 15.9 Å². The van der Waals surface area contributed by atoms with Crippen LogP contribution in [0, 0.1) is 0 Å². The van der Waals surface area contributed by atoms with Gasteiger partial charge in [0.2, 0.25) is 0 Å². The van der Waals surface area contributed by atoms with E-state index in [2.05, 4.69) is 53.8 Å². The lowest BCUT2D eigenvalue weighted by atomic mass is 10.1. The number of nitrogens with zero attached hydrogens (tertiary/aromatic N) is 4. The summed E-state index contributed by atoms with van der Waals surface area (Å²) >= 11 is 3.64. The molecule has 19 heavy (non-hydrogen) atoms. The zero-order chi connectivity index (χ0) is 13.4. The zero-order valence-electron chi connectivity index (χ0n) is 10.8. The fourth-order valence-electron chi connectivity index (χ4n) is 2.33. The average Bonchev–Trinajstić information content (AvgIpc) is 2.85. The number of hydrogen-bond acceptors (Lipinski definition) is 4. The summed E-state index contributed by atoms with van der Waals surface area (Å²) in [6.07, 6.45) is 1.79. The van der Waals surface area contributed by atoms with Crippen LogP contribution in [0.2, 0.25) is 0 Å². The number of nitrogens with two attached hydrogens (primary N) is 1. The molecule has 0 unspecified atom stereocenters. The van der Waals surface area contributed by atoms with E-state index in [4.69, 9.17) is 5.73 Å². The third-order valence-electron chi connectivity index (χ3n) is 3.48. The van der Waals surface area contributed by atoms with Gasteiger partial charge in [0.1, 0.15) is 6.33 Å². The monoisotopic (exact) mass is 321 g/mol. The molecule has 0 spiro atoms. The van der Waals surface area contributed by atoms with E-state index in [0.29, 0.717) is 0 Å². The van der Waals surface area contributed by atoms with Crippen LogP contribution in [0.3, 0.4) is 0 Å². The normalized spacial score (nSPS) is 16.3. The summed E-state index contributed by atoms with van der Waals surface area (Å²) in [4.78, 5) is 2.30. The molecule has 0 bridgehead atoms. The van der Waals surface area contributed by atoms with Gasteiger partial charge in [-0.2, -0.15) is 0 Å². The van der Waals surface area contributed by atoms with Crippen molar-refractivity contribution in [2.45, 2.75) is 26.1 Å².